The van der Waals surface area contributed by atoms with Crippen molar-refractivity contribution in [1.82, 2.24) is 0 Å². The molecule has 1 saturated carbocycles. The van der Waals surface area contributed by atoms with Gasteiger partial charge in [-0.15, -0.1) is 0 Å². The predicted octanol–water partition coefficient (Wildman–Crippen LogP) is 2.74. The summed E-state index contributed by atoms with van der Waals surface area (Å²) in [5, 5.41) is 10.1. The molecule has 1 spiro atoms. The lowest BCUT2D eigenvalue weighted by molar-refractivity contribution is -0.123. The second-order valence-electron chi connectivity index (χ2n) is 4.44. The van der Waals surface area contributed by atoms with Crippen LogP contribution in [0.2, 0.25) is 5.02 Å². The molecule has 0 amide bonds. The van der Waals surface area contributed by atoms with Gasteiger partial charge in [0.15, 0.2) is 11.5 Å². The second kappa shape index (κ2) is 3.54. The standard InChI is InChI=1S/C12H13ClO3/c13-8-1-2-10-11(7-8)16-12(15-10)5-3-9(14)4-6-12/h1-2,7,9,14H,3-6H2. The highest BCUT2D eigenvalue weighted by molar-refractivity contribution is 6.30. The average Bonchev–Trinajstić information content (AvgIpc) is 2.60. The molecule has 0 saturated heterocycles. The summed E-state index contributed by atoms with van der Waals surface area (Å²) in [5.74, 6) is 0.899. The molecule has 1 heterocycles. The minimum Gasteiger partial charge on any atom is -0.448 e. The molecule has 1 aromatic rings. The van der Waals surface area contributed by atoms with Gasteiger partial charge in [0.2, 0.25) is 0 Å². The van der Waals surface area contributed by atoms with E-state index >= 15 is 0 Å². The second-order valence-corrected chi connectivity index (χ2v) is 4.87. The first-order valence-electron chi connectivity index (χ1n) is 5.53. The van der Waals surface area contributed by atoms with Gasteiger partial charge < -0.3 is 14.6 Å². The Morgan fingerprint density at radius 1 is 1.19 bits per heavy atom. The molecule has 0 atom stereocenters. The molecule has 2 aliphatic rings. The zero-order chi connectivity index (χ0) is 11.2. The highest BCUT2D eigenvalue weighted by atomic mass is 35.5. The number of ether oxygens (including phenoxy) is 2. The third-order valence-electron chi connectivity index (χ3n) is 3.21. The molecule has 0 bridgehead atoms. The van der Waals surface area contributed by atoms with Crippen LogP contribution in [-0.4, -0.2) is 17.0 Å². The van der Waals surface area contributed by atoms with Crippen molar-refractivity contribution < 1.29 is 14.6 Å². The van der Waals surface area contributed by atoms with Crippen LogP contribution >= 0.6 is 11.6 Å². The van der Waals surface area contributed by atoms with E-state index in [-0.39, 0.29) is 6.10 Å². The first kappa shape index (κ1) is 10.2. The molecule has 0 aromatic heterocycles. The Labute approximate surface area is 98.9 Å². The van der Waals surface area contributed by atoms with E-state index in [4.69, 9.17) is 21.1 Å². The monoisotopic (exact) mass is 240 g/mol. The van der Waals surface area contributed by atoms with Crippen LogP contribution in [0.1, 0.15) is 25.7 Å². The maximum atomic E-state index is 9.48. The minimum atomic E-state index is -0.563. The van der Waals surface area contributed by atoms with E-state index in [1.807, 2.05) is 6.07 Å². The summed E-state index contributed by atoms with van der Waals surface area (Å²) in [6.07, 6.45) is 2.68. The first-order valence-corrected chi connectivity index (χ1v) is 5.90. The van der Waals surface area contributed by atoms with Crippen LogP contribution in [0.3, 0.4) is 0 Å². The summed E-state index contributed by atoms with van der Waals surface area (Å²) in [5.41, 5.74) is 0. The summed E-state index contributed by atoms with van der Waals surface area (Å²) < 4.78 is 11.7. The van der Waals surface area contributed by atoms with Gasteiger partial charge in [-0.05, 0) is 25.0 Å². The Morgan fingerprint density at radius 3 is 2.62 bits per heavy atom. The third kappa shape index (κ3) is 1.64. The van der Waals surface area contributed by atoms with Gasteiger partial charge in [0.25, 0.3) is 5.79 Å². The molecule has 1 aliphatic heterocycles. The maximum Gasteiger partial charge on any atom is 0.251 e. The molecular weight excluding hydrogens is 228 g/mol. The largest absolute Gasteiger partial charge is 0.448 e. The lowest BCUT2D eigenvalue weighted by Gasteiger charge is -2.33. The first-order chi connectivity index (χ1) is 7.67. The summed E-state index contributed by atoms with van der Waals surface area (Å²) in [4.78, 5) is 0. The molecule has 1 fully saturated rings. The molecule has 0 unspecified atom stereocenters. The molecule has 1 aromatic carbocycles. The van der Waals surface area contributed by atoms with Gasteiger partial charge >= 0.3 is 0 Å². The lowest BCUT2D eigenvalue weighted by Crippen LogP contribution is -2.43. The van der Waals surface area contributed by atoms with Crippen molar-refractivity contribution in [3.63, 3.8) is 0 Å². The van der Waals surface area contributed by atoms with Crippen LogP contribution in [0.15, 0.2) is 18.2 Å². The maximum absolute atomic E-state index is 9.48. The average molecular weight is 241 g/mol. The fourth-order valence-corrected chi connectivity index (χ4v) is 2.48. The Hall–Kier alpha value is -0.930. The van der Waals surface area contributed by atoms with E-state index in [9.17, 15) is 5.11 Å². The van der Waals surface area contributed by atoms with E-state index in [2.05, 4.69) is 0 Å². The summed E-state index contributed by atoms with van der Waals surface area (Å²) in [6, 6.07) is 5.40. The number of hydrogen-bond acceptors (Lipinski definition) is 3. The van der Waals surface area contributed by atoms with Crippen molar-refractivity contribution in [2.45, 2.75) is 37.6 Å². The summed E-state index contributed by atoms with van der Waals surface area (Å²) >= 11 is 5.90. The summed E-state index contributed by atoms with van der Waals surface area (Å²) in [7, 11) is 0. The van der Waals surface area contributed by atoms with Crippen LogP contribution < -0.4 is 9.47 Å². The Bertz CT molecular complexity index is 411. The highest BCUT2D eigenvalue weighted by Gasteiger charge is 2.44. The van der Waals surface area contributed by atoms with Crippen molar-refractivity contribution in [1.29, 1.82) is 0 Å². The SMILES string of the molecule is OC1CCC2(CC1)Oc1ccc(Cl)cc1O2. The Morgan fingerprint density at radius 2 is 1.88 bits per heavy atom. The van der Waals surface area contributed by atoms with Crippen molar-refractivity contribution in [2.24, 2.45) is 0 Å². The van der Waals surface area contributed by atoms with Crippen LogP contribution in [-0.2, 0) is 0 Å². The number of fused-ring (bicyclic) bond motifs is 1. The van der Waals surface area contributed by atoms with Crippen LogP contribution in [0.5, 0.6) is 11.5 Å². The molecule has 86 valence electrons. The van der Waals surface area contributed by atoms with Crippen LogP contribution in [0.4, 0.5) is 0 Å². The molecule has 16 heavy (non-hydrogen) atoms. The van der Waals surface area contributed by atoms with Gasteiger partial charge in [0, 0.05) is 23.9 Å². The van der Waals surface area contributed by atoms with Crippen LogP contribution in [0, 0.1) is 0 Å². The summed E-state index contributed by atoms with van der Waals surface area (Å²) in [6.45, 7) is 0. The van der Waals surface area contributed by atoms with Gasteiger partial charge in [-0.3, -0.25) is 0 Å². The van der Waals surface area contributed by atoms with Crippen molar-refractivity contribution in [3.05, 3.63) is 23.2 Å². The Kier molecular flexibility index (Phi) is 2.26. The Balaban J connectivity index is 1.84. The van der Waals surface area contributed by atoms with Gasteiger partial charge in [0.05, 0.1) is 6.10 Å². The third-order valence-corrected chi connectivity index (χ3v) is 3.45. The lowest BCUT2D eigenvalue weighted by atomic mass is 9.92. The topological polar surface area (TPSA) is 38.7 Å². The van der Waals surface area contributed by atoms with Crippen molar-refractivity contribution in [2.75, 3.05) is 0 Å². The number of benzene rings is 1. The molecule has 0 radical (unpaired) electrons. The molecular formula is C12H13ClO3. The number of rotatable bonds is 0. The van der Waals surface area contributed by atoms with E-state index in [0.29, 0.717) is 10.8 Å². The van der Waals surface area contributed by atoms with Crippen LogP contribution in [0.25, 0.3) is 0 Å². The fraction of sp³-hybridized carbons (Fsp3) is 0.500. The highest BCUT2D eigenvalue weighted by Crippen LogP contribution is 2.46. The fourth-order valence-electron chi connectivity index (χ4n) is 2.31. The molecule has 3 rings (SSSR count). The smallest absolute Gasteiger partial charge is 0.251 e. The molecule has 1 N–H and O–H groups in total. The van der Waals surface area contributed by atoms with E-state index in [1.54, 1.807) is 12.1 Å². The molecule has 4 heteroatoms. The van der Waals surface area contributed by atoms with Gasteiger partial charge in [-0.2, -0.15) is 0 Å². The quantitative estimate of drug-likeness (QED) is 0.758. The van der Waals surface area contributed by atoms with E-state index < -0.39 is 5.79 Å². The predicted molar refractivity (Wildman–Crippen MR) is 59.9 cm³/mol. The number of aliphatic hydroxyl groups is 1. The number of hydrogen-bond donors (Lipinski definition) is 1. The van der Waals surface area contributed by atoms with Gasteiger partial charge in [-0.1, -0.05) is 11.6 Å². The van der Waals surface area contributed by atoms with Gasteiger partial charge in [-0.25, -0.2) is 0 Å². The van der Waals surface area contributed by atoms with E-state index in [0.717, 1.165) is 31.4 Å². The van der Waals surface area contributed by atoms with Crippen molar-refractivity contribution >= 4 is 11.6 Å². The molecule has 3 nitrogen and oxygen atoms in total. The molecule has 1 aliphatic carbocycles. The van der Waals surface area contributed by atoms with Gasteiger partial charge in [0.1, 0.15) is 0 Å². The zero-order valence-electron chi connectivity index (χ0n) is 8.78. The number of halogens is 1. The normalized spacial score (nSPS) is 32.0. The van der Waals surface area contributed by atoms with Crippen molar-refractivity contribution in [3.8, 4) is 11.5 Å². The van der Waals surface area contributed by atoms with E-state index in [1.165, 1.54) is 0 Å². The zero-order valence-corrected chi connectivity index (χ0v) is 9.54. The minimum absolute atomic E-state index is 0.217. The number of aliphatic hydroxyl groups excluding tert-OH is 1.